The van der Waals surface area contributed by atoms with Gasteiger partial charge in [0.05, 0.1) is 6.10 Å². The van der Waals surface area contributed by atoms with E-state index in [1.807, 2.05) is 19.1 Å². The number of nitrogens with two attached hydrogens (primary N) is 1. The molecule has 4 nitrogen and oxygen atoms in total. The molecule has 0 bridgehead atoms. The molecule has 0 radical (unpaired) electrons. The van der Waals surface area contributed by atoms with Crippen molar-refractivity contribution in [2.24, 2.45) is 17.6 Å². The first kappa shape index (κ1) is 19.9. The minimum atomic E-state index is -0.572. The third kappa shape index (κ3) is 6.08. The second-order valence-corrected chi connectivity index (χ2v) is 7.46. The zero-order chi connectivity index (χ0) is 18.4. The highest BCUT2D eigenvalue weighted by Crippen LogP contribution is 2.27. The van der Waals surface area contributed by atoms with E-state index < -0.39 is 6.04 Å². The van der Waals surface area contributed by atoms with Crippen molar-refractivity contribution in [3.63, 3.8) is 0 Å². The van der Waals surface area contributed by atoms with Gasteiger partial charge >= 0.3 is 5.97 Å². The molecule has 1 saturated heterocycles. The van der Waals surface area contributed by atoms with Gasteiger partial charge in [0, 0.05) is 6.61 Å². The average molecular weight is 351 g/mol. The zero-order valence-electron chi connectivity index (χ0n) is 15.4. The molecule has 0 aliphatic carbocycles. The van der Waals surface area contributed by atoms with Crippen molar-refractivity contribution in [1.29, 1.82) is 0 Å². The molecule has 1 aromatic carbocycles. The second kappa shape index (κ2) is 9.30. The average Bonchev–Trinajstić information content (AvgIpc) is 2.59. The van der Waals surface area contributed by atoms with E-state index in [1.165, 1.54) is 12.1 Å². The Balaban J connectivity index is 2.18. The molecule has 0 spiro atoms. The van der Waals surface area contributed by atoms with Crippen LogP contribution in [0.3, 0.4) is 0 Å². The molecule has 0 amide bonds. The lowest BCUT2D eigenvalue weighted by Crippen LogP contribution is -2.41. The van der Waals surface area contributed by atoms with E-state index in [4.69, 9.17) is 15.2 Å². The Labute approximate surface area is 149 Å². The fourth-order valence-corrected chi connectivity index (χ4v) is 3.32. The van der Waals surface area contributed by atoms with Crippen molar-refractivity contribution in [1.82, 2.24) is 0 Å². The maximum atomic E-state index is 13.2. The van der Waals surface area contributed by atoms with Crippen LogP contribution in [0.4, 0.5) is 4.39 Å². The van der Waals surface area contributed by atoms with E-state index >= 15 is 0 Å². The number of hydrogen-bond acceptors (Lipinski definition) is 4. The highest BCUT2D eigenvalue weighted by molar-refractivity contribution is 5.75. The molecule has 0 aromatic heterocycles. The third-order valence-electron chi connectivity index (χ3n) is 4.66. The lowest BCUT2D eigenvalue weighted by atomic mass is 9.86. The molecule has 1 fully saturated rings. The molecule has 140 valence electrons. The summed E-state index contributed by atoms with van der Waals surface area (Å²) in [6.07, 6.45) is 2.57. The summed E-state index contributed by atoms with van der Waals surface area (Å²) in [4.78, 5) is 12.1. The molecule has 2 N–H and O–H groups in total. The van der Waals surface area contributed by atoms with Gasteiger partial charge in [-0.1, -0.05) is 32.4 Å². The van der Waals surface area contributed by atoms with Crippen molar-refractivity contribution < 1.29 is 18.7 Å². The third-order valence-corrected chi connectivity index (χ3v) is 4.66. The van der Waals surface area contributed by atoms with E-state index in [2.05, 4.69) is 13.8 Å². The predicted octanol–water partition coefficient (Wildman–Crippen LogP) is 3.47. The summed E-state index contributed by atoms with van der Waals surface area (Å²) in [6, 6.07) is 6.01. The molecule has 1 aliphatic heterocycles. The van der Waals surface area contributed by atoms with Crippen molar-refractivity contribution in [2.45, 2.75) is 64.7 Å². The number of carbonyl (C=O) groups excluding carboxylic acids is 1. The van der Waals surface area contributed by atoms with Gasteiger partial charge in [-0.3, -0.25) is 4.79 Å². The van der Waals surface area contributed by atoms with Gasteiger partial charge in [-0.2, -0.15) is 0 Å². The fourth-order valence-electron chi connectivity index (χ4n) is 3.32. The van der Waals surface area contributed by atoms with Crippen LogP contribution in [0, 0.1) is 17.7 Å². The minimum absolute atomic E-state index is 0.192. The van der Waals surface area contributed by atoms with Gasteiger partial charge < -0.3 is 15.2 Å². The number of rotatable bonds is 5. The monoisotopic (exact) mass is 351 g/mol. The summed E-state index contributed by atoms with van der Waals surface area (Å²) in [5.41, 5.74) is 6.97. The normalized spacial score (nSPS) is 28.2. The van der Waals surface area contributed by atoms with Crippen LogP contribution in [0.2, 0.25) is 0 Å². The first-order valence-electron chi connectivity index (χ1n) is 9.19. The summed E-state index contributed by atoms with van der Waals surface area (Å²) >= 11 is 0. The van der Waals surface area contributed by atoms with Crippen molar-refractivity contribution >= 4 is 5.97 Å². The molecular weight excluding hydrogens is 321 g/mol. The standard InChI is InChI=1S/C20H30FNO3/c1-13(2)12-24-19-14(3)25-20(23)18(22)6-4-5-16(19)11-15-7-9-17(21)10-8-15/h7-10,13-14,16,18-19H,4-6,11-12,22H2,1-3H3/t14-,16+,18-,19-/m0/s1. The summed E-state index contributed by atoms with van der Waals surface area (Å²) in [7, 11) is 0. The number of carbonyl (C=O) groups is 1. The summed E-state index contributed by atoms with van der Waals surface area (Å²) in [5, 5.41) is 0. The zero-order valence-corrected chi connectivity index (χ0v) is 15.4. The maximum absolute atomic E-state index is 13.2. The first-order valence-corrected chi connectivity index (χ1v) is 9.19. The van der Waals surface area contributed by atoms with Gasteiger partial charge in [0.1, 0.15) is 18.0 Å². The highest BCUT2D eigenvalue weighted by atomic mass is 19.1. The molecule has 1 heterocycles. The molecule has 4 atom stereocenters. The van der Waals surface area contributed by atoms with Crippen molar-refractivity contribution in [3.8, 4) is 0 Å². The quantitative estimate of drug-likeness (QED) is 0.825. The molecule has 5 heteroatoms. The van der Waals surface area contributed by atoms with Gasteiger partial charge in [-0.05, 0) is 55.7 Å². The molecular formula is C20H30FNO3. The minimum Gasteiger partial charge on any atom is -0.459 e. The highest BCUT2D eigenvalue weighted by Gasteiger charge is 2.33. The van der Waals surface area contributed by atoms with Crippen molar-refractivity contribution in [3.05, 3.63) is 35.6 Å². The molecule has 0 saturated carbocycles. The molecule has 25 heavy (non-hydrogen) atoms. The molecule has 1 aliphatic rings. The van der Waals surface area contributed by atoms with Crippen LogP contribution in [0.1, 0.15) is 45.6 Å². The molecule has 2 rings (SSSR count). The van der Waals surface area contributed by atoms with Crippen LogP contribution >= 0.6 is 0 Å². The summed E-state index contributed by atoms with van der Waals surface area (Å²) < 4.78 is 24.9. The number of ether oxygens (including phenoxy) is 2. The first-order chi connectivity index (χ1) is 11.9. The molecule has 0 unspecified atom stereocenters. The van der Waals surface area contributed by atoms with Crippen LogP contribution < -0.4 is 5.73 Å². The van der Waals surface area contributed by atoms with Gasteiger partial charge in [0.2, 0.25) is 0 Å². The van der Waals surface area contributed by atoms with E-state index in [0.717, 1.165) is 24.8 Å². The topological polar surface area (TPSA) is 61.5 Å². The van der Waals surface area contributed by atoms with Gasteiger partial charge in [-0.15, -0.1) is 0 Å². The van der Waals surface area contributed by atoms with Crippen LogP contribution in [-0.4, -0.2) is 30.8 Å². The fraction of sp³-hybridized carbons (Fsp3) is 0.650. The largest absolute Gasteiger partial charge is 0.459 e. The Hall–Kier alpha value is -1.46. The number of benzene rings is 1. The van der Waals surface area contributed by atoms with E-state index in [0.29, 0.717) is 18.9 Å². The second-order valence-electron chi connectivity index (χ2n) is 7.46. The Morgan fingerprint density at radius 3 is 2.60 bits per heavy atom. The van der Waals surface area contributed by atoms with Crippen LogP contribution in [0.25, 0.3) is 0 Å². The Morgan fingerprint density at radius 1 is 1.28 bits per heavy atom. The van der Waals surface area contributed by atoms with Gasteiger partial charge in [0.25, 0.3) is 0 Å². The Kier molecular flexibility index (Phi) is 7.38. The van der Waals surface area contributed by atoms with Gasteiger partial charge in [0.15, 0.2) is 0 Å². The SMILES string of the molecule is CC(C)CO[C@@H]1[C@@H](Cc2ccc(F)cc2)CCC[C@H](N)C(=O)O[C@H]1C. The summed E-state index contributed by atoms with van der Waals surface area (Å²) in [6.45, 7) is 6.67. The van der Waals surface area contributed by atoms with Crippen LogP contribution in [0.5, 0.6) is 0 Å². The number of cyclic esters (lactones) is 1. The lowest BCUT2D eigenvalue weighted by Gasteiger charge is -2.32. The van der Waals surface area contributed by atoms with Crippen LogP contribution in [-0.2, 0) is 20.7 Å². The molecule has 1 aromatic rings. The summed E-state index contributed by atoms with van der Waals surface area (Å²) in [5.74, 6) is -0.00579. The van der Waals surface area contributed by atoms with Crippen LogP contribution in [0.15, 0.2) is 24.3 Å². The van der Waals surface area contributed by atoms with Crippen molar-refractivity contribution in [2.75, 3.05) is 6.61 Å². The lowest BCUT2D eigenvalue weighted by molar-refractivity contribution is -0.160. The Morgan fingerprint density at radius 2 is 1.96 bits per heavy atom. The van der Waals surface area contributed by atoms with E-state index in [9.17, 15) is 9.18 Å². The number of halogens is 1. The smallest absolute Gasteiger partial charge is 0.323 e. The Bertz CT molecular complexity index is 546. The predicted molar refractivity (Wildman–Crippen MR) is 95.6 cm³/mol. The number of esters is 1. The van der Waals surface area contributed by atoms with E-state index in [-0.39, 0.29) is 29.9 Å². The maximum Gasteiger partial charge on any atom is 0.323 e. The number of hydrogen-bond donors (Lipinski definition) is 1. The van der Waals surface area contributed by atoms with Gasteiger partial charge in [-0.25, -0.2) is 4.39 Å². The van der Waals surface area contributed by atoms with E-state index in [1.54, 1.807) is 0 Å².